The third kappa shape index (κ3) is 2.83. The van der Waals surface area contributed by atoms with Gasteiger partial charge in [0.05, 0.1) is 6.20 Å². The van der Waals surface area contributed by atoms with Gasteiger partial charge in [-0.2, -0.15) is 0 Å². The molecule has 0 spiro atoms. The number of nitrogens with two attached hydrogens (primary N) is 1. The zero-order valence-corrected chi connectivity index (χ0v) is 10.7. The SMILES string of the molecule is NCc1cc(F)cnc1Oc1ccc(Br)cc1F. The number of rotatable bonds is 3. The third-order valence-electron chi connectivity index (χ3n) is 2.21. The molecule has 0 unspecified atom stereocenters. The molecule has 0 saturated heterocycles. The minimum atomic E-state index is -0.543. The second-order valence-corrected chi connectivity index (χ2v) is 4.41. The molecular formula is C12H9BrF2N2O. The molecule has 2 rings (SSSR count). The third-order valence-corrected chi connectivity index (χ3v) is 2.71. The number of benzene rings is 1. The molecular weight excluding hydrogens is 306 g/mol. The van der Waals surface area contributed by atoms with Crippen LogP contribution in [0.3, 0.4) is 0 Å². The van der Waals surface area contributed by atoms with Crippen molar-refractivity contribution in [3.63, 3.8) is 0 Å². The van der Waals surface area contributed by atoms with Crippen LogP contribution in [0.15, 0.2) is 34.9 Å². The maximum absolute atomic E-state index is 13.6. The van der Waals surface area contributed by atoms with Crippen molar-refractivity contribution in [2.45, 2.75) is 6.54 Å². The number of aromatic nitrogens is 1. The van der Waals surface area contributed by atoms with Gasteiger partial charge in [0.1, 0.15) is 5.82 Å². The van der Waals surface area contributed by atoms with Crippen LogP contribution in [0.4, 0.5) is 8.78 Å². The highest BCUT2D eigenvalue weighted by Gasteiger charge is 2.10. The largest absolute Gasteiger partial charge is 0.436 e. The van der Waals surface area contributed by atoms with E-state index in [0.29, 0.717) is 10.0 Å². The Kier molecular flexibility index (Phi) is 3.88. The van der Waals surface area contributed by atoms with Gasteiger partial charge >= 0.3 is 0 Å². The number of hydrogen-bond donors (Lipinski definition) is 1. The molecule has 0 aliphatic carbocycles. The Morgan fingerprint density at radius 3 is 2.72 bits per heavy atom. The fourth-order valence-electron chi connectivity index (χ4n) is 1.37. The smallest absolute Gasteiger partial charge is 0.224 e. The molecule has 18 heavy (non-hydrogen) atoms. The summed E-state index contributed by atoms with van der Waals surface area (Å²) in [6, 6.07) is 5.55. The van der Waals surface area contributed by atoms with Gasteiger partial charge in [0.25, 0.3) is 0 Å². The molecule has 3 nitrogen and oxygen atoms in total. The van der Waals surface area contributed by atoms with E-state index in [4.69, 9.17) is 10.5 Å². The van der Waals surface area contributed by atoms with Gasteiger partial charge < -0.3 is 10.5 Å². The summed E-state index contributed by atoms with van der Waals surface area (Å²) in [5.41, 5.74) is 5.82. The first kappa shape index (κ1) is 12.9. The van der Waals surface area contributed by atoms with Crippen molar-refractivity contribution in [2.75, 3.05) is 0 Å². The Hall–Kier alpha value is -1.53. The molecule has 0 aliphatic heterocycles. The zero-order valence-electron chi connectivity index (χ0n) is 9.16. The Labute approximate surface area is 111 Å². The monoisotopic (exact) mass is 314 g/mol. The van der Waals surface area contributed by atoms with Crippen molar-refractivity contribution in [1.29, 1.82) is 0 Å². The molecule has 0 atom stereocenters. The molecule has 0 aliphatic rings. The van der Waals surface area contributed by atoms with E-state index >= 15 is 0 Å². The highest BCUT2D eigenvalue weighted by atomic mass is 79.9. The van der Waals surface area contributed by atoms with E-state index < -0.39 is 11.6 Å². The van der Waals surface area contributed by atoms with Crippen molar-refractivity contribution in [1.82, 2.24) is 4.98 Å². The minimum Gasteiger partial charge on any atom is -0.436 e. The van der Waals surface area contributed by atoms with Crippen LogP contribution in [0.1, 0.15) is 5.56 Å². The summed E-state index contributed by atoms with van der Waals surface area (Å²) in [4.78, 5) is 3.75. The fourth-order valence-corrected chi connectivity index (χ4v) is 1.70. The first-order valence-corrected chi connectivity index (χ1v) is 5.87. The summed E-state index contributed by atoms with van der Waals surface area (Å²) >= 11 is 3.14. The molecule has 0 saturated carbocycles. The summed E-state index contributed by atoms with van der Waals surface area (Å²) in [6.07, 6.45) is 0.991. The maximum atomic E-state index is 13.6. The normalized spacial score (nSPS) is 10.4. The standard InChI is InChI=1S/C12H9BrF2N2O/c13-8-1-2-11(10(15)4-8)18-12-7(5-16)3-9(14)6-17-12/h1-4,6H,5,16H2. The molecule has 0 bridgehead atoms. The molecule has 6 heteroatoms. The van der Waals surface area contributed by atoms with Gasteiger partial charge in [-0.1, -0.05) is 15.9 Å². The highest BCUT2D eigenvalue weighted by Crippen LogP contribution is 2.27. The average Bonchev–Trinajstić information content (AvgIpc) is 2.34. The Morgan fingerprint density at radius 2 is 2.06 bits per heavy atom. The van der Waals surface area contributed by atoms with Crippen LogP contribution in [0.2, 0.25) is 0 Å². The number of halogens is 3. The summed E-state index contributed by atoms with van der Waals surface area (Å²) < 4.78 is 32.4. The van der Waals surface area contributed by atoms with Crippen molar-refractivity contribution in [3.05, 3.63) is 52.1 Å². The van der Waals surface area contributed by atoms with Gasteiger partial charge in [-0.15, -0.1) is 0 Å². The van der Waals surface area contributed by atoms with Crippen molar-refractivity contribution in [2.24, 2.45) is 5.73 Å². The van der Waals surface area contributed by atoms with Crippen LogP contribution in [0.5, 0.6) is 11.6 Å². The van der Waals surface area contributed by atoms with E-state index in [1.165, 1.54) is 18.2 Å². The highest BCUT2D eigenvalue weighted by molar-refractivity contribution is 9.10. The molecule has 1 aromatic heterocycles. The van der Waals surface area contributed by atoms with E-state index in [2.05, 4.69) is 20.9 Å². The molecule has 94 valence electrons. The summed E-state index contributed by atoms with van der Waals surface area (Å²) in [5.74, 6) is -0.954. The predicted molar refractivity (Wildman–Crippen MR) is 66.3 cm³/mol. The van der Waals surface area contributed by atoms with E-state index in [9.17, 15) is 8.78 Å². The van der Waals surface area contributed by atoms with Gasteiger partial charge in [0.2, 0.25) is 5.88 Å². The van der Waals surface area contributed by atoms with Crippen LogP contribution in [-0.4, -0.2) is 4.98 Å². The topological polar surface area (TPSA) is 48.1 Å². The van der Waals surface area contributed by atoms with Gasteiger partial charge in [0.15, 0.2) is 11.6 Å². The number of hydrogen-bond acceptors (Lipinski definition) is 3. The van der Waals surface area contributed by atoms with Gasteiger partial charge in [0, 0.05) is 16.6 Å². The van der Waals surface area contributed by atoms with Crippen molar-refractivity contribution >= 4 is 15.9 Å². The maximum Gasteiger partial charge on any atom is 0.224 e. The fraction of sp³-hybridized carbons (Fsp3) is 0.0833. The van der Waals surface area contributed by atoms with E-state index in [1.807, 2.05) is 0 Å². The number of ether oxygens (including phenoxy) is 1. The van der Waals surface area contributed by atoms with Crippen molar-refractivity contribution in [3.8, 4) is 11.6 Å². The molecule has 0 fully saturated rings. The molecule has 0 radical (unpaired) electrons. The average molecular weight is 315 g/mol. The minimum absolute atomic E-state index is 0.00649. The van der Waals surface area contributed by atoms with Crippen LogP contribution in [-0.2, 0) is 6.54 Å². The van der Waals surface area contributed by atoms with E-state index in [1.54, 1.807) is 6.07 Å². The molecule has 1 aromatic carbocycles. The number of pyridine rings is 1. The lowest BCUT2D eigenvalue weighted by atomic mass is 10.2. The lowest BCUT2D eigenvalue weighted by molar-refractivity contribution is 0.420. The van der Waals surface area contributed by atoms with Gasteiger partial charge in [-0.25, -0.2) is 13.8 Å². The summed E-state index contributed by atoms with van der Waals surface area (Å²) in [5, 5.41) is 0. The summed E-state index contributed by atoms with van der Waals surface area (Å²) in [6.45, 7) is 0.0538. The van der Waals surface area contributed by atoms with Crippen LogP contribution in [0, 0.1) is 11.6 Å². The van der Waals surface area contributed by atoms with Crippen molar-refractivity contribution < 1.29 is 13.5 Å². The lowest BCUT2D eigenvalue weighted by Gasteiger charge is -2.09. The van der Waals surface area contributed by atoms with E-state index in [-0.39, 0.29) is 18.2 Å². The molecule has 2 aromatic rings. The second-order valence-electron chi connectivity index (χ2n) is 3.50. The Morgan fingerprint density at radius 1 is 1.28 bits per heavy atom. The van der Waals surface area contributed by atoms with Gasteiger partial charge in [-0.3, -0.25) is 0 Å². The predicted octanol–water partition coefficient (Wildman–Crippen LogP) is 3.37. The second kappa shape index (κ2) is 5.41. The molecule has 2 N–H and O–H groups in total. The zero-order chi connectivity index (χ0) is 13.1. The Balaban J connectivity index is 2.33. The van der Waals surface area contributed by atoms with Crippen LogP contribution in [0.25, 0.3) is 0 Å². The molecule has 1 heterocycles. The summed E-state index contributed by atoms with van der Waals surface area (Å²) in [7, 11) is 0. The first-order chi connectivity index (χ1) is 8.60. The van der Waals surface area contributed by atoms with Crippen LogP contribution >= 0.6 is 15.9 Å². The first-order valence-electron chi connectivity index (χ1n) is 5.07. The van der Waals surface area contributed by atoms with Gasteiger partial charge in [-0.05, 0) is 24.3 Å². The quantitative estimate of drug-likeness (QED) is 0.945. The number of nitrogens with zero attached hydrogens (tertiary/aromatic N) is 1. The van der Waals surface area contributed by atoms with Crippen LogP contribution < -0.4 is 10.5 Å². The Bertz CT molecular complexity index is 578. The van der Waals surface area contributed by atoms with E-state index in [0.717, 1.165) is 6.20 Å². The lowest BCUT2D eigenvalue weighted by Crippen LogP contribution is -2.02. The molecule has 0 amide bonds.